The predicted octanol–water partition coefficient (Wildman–Crippen LogP) is 1.90. The maximum absolute atomic E-state index is 12.9. The maximum Gasteiger partial charge on any atom is 0.277 e. The highest BCUT2D eigenvalue weighted by atomic mass is 16.5. The van der Waals surface area contributed by atoms with Crippen LogP contribution >= 0.6 is 0 Å². The topological polar surface area (TPSA) is 59.1 Å². The van der Waals surface area contributed by atoms with Gasteiger partial charge in [-0.25, -0.2) is 0 Å². The minimum absolute atomic E-state index is 0.00643. The molecular formula is C19H24N2O4. The highest BCUT2D eigenvalue weighted by Crippen LogP contribution is 2.33. The summed E-state index contributed by atoms with van der Waals surface area (Å²) >= 11 is 0. The third-order valence-electron chi connectivity index (χ3n) is 4.57. The number of nitrogens with zero attached hydrogens (tertiary/aromatic N) is 2. The van der Waals surface area contributed by atoms with E-state index < -0.39 is 0 Å². The van der Waals surface area contributed by atoms with Crippen LogP contribution in [-0.4, -0.2) is 60.6 Å². The van der Waals surface area contributed by atoms with Gasteiger partial charge in [-0.05, 0) is 38.5 Å². The van der Waals surface area contributed by atoms with Gasteiger partial charge in [0.25, 0.3) is 11.8 Å². The number of ether oxygens (including phenoxy) is 2. The lowest BCUT2D eigenvalue weighted by molar-refractivity contribution is -0.138. The van der Waals surface area contributed by atoms with Crippen molar-refractivity contribution >= 4 is 17.4 Å². The SMILES string of the molecule is CCN1C(=O)C(c2ccc(OC)cc2)=C(N2CC(C)OC(C)C2)C1=O. The van der Waals surface area contributed by atoms with Crippen molar-refractivity contribution in [2.75, 3.05) is 26.7 Å². The van der Waals surface area contributed by atoms with E-state index in [2.05, 4.69) is 0 Å². The number of imide groups is 1. The molecule has 2 amide bonds. The van der Waals surface area contributed by atoms with Crippen LogP contribution in [0.15, 0.2) is 30.0 Å². The van der Waals surface area contributed by atoms with Crippen LogP contribution in [-0.2, 0) is 14.3 Å². The van der Waals surface area contributed by atoms with Gasteiger partial charge < -0.3 is 14.4 Å². The fourth-order valence-corrected chi connectivity index (χ4v) is 3.52. The van der Waals surface area contributed by atoms with Gasteiger partial charge in [-0.2, -0.15) is 0 Å². The molecule has 2 aliphatic rings. The third kappa shape index (κ3) is 3.14. The molecule has 3 rings (SSSR count). The Morgan fingerprint density at radius 2 is 1.68 bits per heavy atom. The molecule has 1 aromatic carbocycles. The first-order valence-corrected chi connectivity index (χ1v) is 8.61. The quantitative estimate of drug-likeness (QED) is 0.781. The van der Waals surface area contributed by atoms with Gasteiger partial charge in [-0.3, -0.25) is 14.5 Å². The van der Waals surface area contributed by atoms with Crippen LogP contribution in [0.3, 0.4) is 0 Å². The fraction of sp³-hybridized carbons (Fsp3) is 0.474. The molecule has 0 radical (unpaired) electrons. The summed E-state index contributed by atoms with van der Waals surface area (Å²) in [5, 5.41) is 0. The molecule has 0 spiro atoms. The highest BCUT2D eigenvalue weighted by molar-refractivity contribution is 6.35. The van der Waals surface area contributed by atoms with Gasteiger partial charge in [0.1, 0.15) is 11.4 Å². The van der Waals surface area contributed by atoms with Crippen LogP contribution < -0.4 is 4.74 Å². The van der Waals surface area contributed by atoms with Crippen molar-refractivity contribution in [3.8, 4) is 5.75 Å². The summed E-state index contributed by atoms with van der Waals surface area (Å²) in [6.07, 6.45) is 0.0129. The maximum atomic E-state index is 12.9. The van der Waals surface area contributed by atoms with Crippen LogP contribution in [0.2, 0.25) is 0 Å². The molecule has 1 aromatic rings. The second-order valence-electron chi connectivity index (χ2n) is 6.47. The van der Waals surface area contributed by atoms with Crippen molar-refractivity contribution in [3.05, 3.63) is 35.5 Å². The van der Waals surface area contributed by atoms with E-state index in [1.807, 2.05) is 37.8 Å². The molecule has 6 heteroatoms. The zero-order valence-corrected chi connectivity index (χ0v) is 15.1. The Hall–Kier alpha value is -2.34. The molecule has 2 aliphatic heterocycles. The molecule has 134 valence electrons. The van der Waals surface area contributed by atoms with Crippen LogP contribution in [0.5, 0.6) is 5.75 Å². The molecule has 0 N–H and O–H groups in total. The first kappa shape index (κ1) is 17.5. The lowest BCUT2D eigenvalue weighted by Gasteiger charge is -2.37. The van der Waals surface area contributed by atoms with Crippen LogP contribution in [0.1, 0.15) is 26.3 Å². The summed E-state index contributed by atoms with van der Waals surface area (Å²) in [6, 6.07) is 7.26. The first-order valence-electron chi connectivity index (χ1n) is 8.61. The van der Waals surface area contributed by atoms with E-state index in [0.717, 1.165) is 5.56 Å². The molecule has 2 heterocycles. The molecule has 2 atom stereocenters. The van der Waals surface area contributed by atoms with Gasteiger partial charge in [-0.1, -0.05) is 12.1 Å². The number of hydrogen-bond donors (Lipinski definition) is 0. The van der Waals surface area contributed by atoms with Crippen molar-refractivity contribution < 1.29 is 19.1 Å². The third-order valence-corrected chi connectivity index (χ3v) is 4.57. The van der Waals surface area contributed by atoms with Crippen LogP contribution in [0.4, 0.5) is 0 Å². The number of amides is 2. The summed E-state index contributed by atoms with van der Waals surface area (Å²) in [4.78, 5) is 29.1. The Bertz CT molecular complexity index is 701. The number of hydrogen-bond acceptors (Lipinski definition) is 5. The molecule has 2 unspecified atom stereocenters. The van der Waals surface area contributed by atoms with Gasteiger partial charge in [0.15, 0.2) is 0 Å². The number of carbonyl (C=O) groups is 2. The fourth-order valence-electron chi connectivity index (χ4n) is 3.52. The van der Waals surface area contributed by atoms with E-state index >= 15 is 0 Å². The smallest absolute Gasteiger partial charge is 0.277 e. The van der Waals surface area contributed by atoms with E-state index in [1.54, 1.807) is 19.2 Å². The van der Waals surface area contributed by atoms with E-state index in [1.165, 1.54) is 4.90 Å². The van der Waals surface area contributed by atoms with Gasteiger partial charge in [0, 0.05) is 19.6 Å². The Labute approximate surface area is 148 Å². The first-order chi connectivity index (χ1) is 12.0. The van der Waals surface area contributed by atoms with Gasteiger partial charge in [-0.15, -0.1) is 0 Å². The second kappa shape index (κ2) is 6.88. The van der Waals surface area contributed by atoms with Crippen molar-refractivity contribution in [2.45, 2.75) is 33.0 Å². The average molecular weight is 344 g/mol. The molecule has 1 saturated heterocycles. The summed E-state index contributed by atoms with van der Waals surface area (Å²) in [6.45, 7) is 7.32. The Morgan fingerprint density at radius 3 is 2.20 bits per heavy atom. The summed E-state index contributed by atoms with van der Waals surface area (Å²) in [5.41, 5.74) is 1.69. The molecule has 0 aliphatic carbocycles. The minimum Gasteiger partial charge on any atom is -0.497 e. The zero-order chi connectivity index (χ0) is 18.1. The van der Waals surface area contributed by atoms with E-state index in [4.69, 9.17) is 9.47 Å². The predicted molar refractivity (Wildman–Crippen MR) is 93.9 cm³/mol. The van der Waals surface area contributed by atoms with Crippen molar-refractivity contribution in [1.82, 2.24) is 9.80 Å². The number of likely N-dealkylation sites (N-methyl/N-ethyl adjacent to an activating group) is 1. The van der Waals surface area contributed by atoms with Gasteiger partial charge >= 0.3 is 0 Å². The molecule has 0 saturated carbocycles. The number of benzene rings is 1. The normalized spacial score (nSPS) is 24.3. The lowest BCUT2D eigenvalue weighted by atomic mass is 10.0. The number of carbonyl (C=O) groups excluding carboxylic acids is 2. The van der Waals surface area contributed by atoms with E-state index in [0.29, 0.717) is 36.7 Å². The number of morpholine rings is 1. The molecule has 25 heavy (non-hydrogen) atoms. The average Bonchev–Trinajstić information content (AvgIpc) is 2.84. The Kier molecular flexibility index (Phi) is 4.81. The largest absolute Gasteiger partial charge is 0.497 e. The lowest BCUT2D eigenvalue weighted by Crippen LogP contribution is -2.46. The molecule has 6 nitrogen and oxygen atoms in total. The van der Waals surface area contributed by atoms with E-state index in [-0.39, 0.29) is 24.0 Å². The molecule has 1 fully saturated rings. The summed E-state index contributed by atoms with van der Waals surface area (Å²) in [5.74, 6) is 0.253. The van der Waals surface area contributed by atoms with Gasteiger partial charge in [0.2, 0.25) is 0 Å². The summed E-state index contributed by atoms with van der Waals surface area (Å²) < 4.78 is 11.0. The molecule has 0 bridgehead atoms. The number of rotatable bonds is 4. The van der Waals surface area contributed by atoms with Crippen molar-refractivity contribution in [3.63, 3.8) is 0 Å². The molecule has 0 aromatic heterocycles. The van der Waals surface area contributed by atoms with Crippen LogP contribution in [0, 0.1) is 0 Å². The van der Waals surface area contributed by atoms with Crippen molar-refractivity contribution in [1.29, 1.82) is 0 Å². The number of methoxy groups -OCH3 is 1. The molecular weight excluding hydrogens is 320 g/mol. The van der Waals surface area contributed by atoms with Crippen molar-refractivity contribution in [2.24, 2.45) is 0 Å². The minimum atomic E-state index is -0.237. The Balaban J connectivity index is 2.07. The highest BCUT2D eigenvalue weighted by Gasteiger charge is 2.42. The standard InChI is InChI=1S/C19H24N2O4/c1-5-21-18(22)16(14-6-8-15(24-4)9-7-14)17(19(21)23)20-10-12(2)25-13(3)11-20/h6-9,12-13H,5,10-11H2,1-4H3. The second-order valence-corrected chi connectivity index (χ2v) is 6.47. The summed E-state index contributed by atoms with van der Waals surface area (Å²) in [7, 11) is 1.60. The van der Waals surface area contributed by atoms with E-state index in [9.17, 15) is 9.59 Å². The van der Waals surface area contributed by atoms with Gasteiger partial charge in [0.05, 0.1) is 24.9 Å². The van der Waals surface area contributed by atoms with Crippen LogP contribution in [0.25, 0.3) is 5.57 Å². The Morgan fingerprint density at radius 1 is 1.08 bits per heavy atom. The monoisotopic (exact) mass is 344 g/mol. The zero-order valence-electron chi connectivity index (χ0n) is 15.1.